The minimum absolute atomic E-state index is 0.0980. The summed E-state index contributed by atoms with van der Waals surface area (Å²) in [5.41, 5.74) is 2.97. The molecular weight excluding hydrogens is 298 g/mol. The van der Waals surface area contributed by atoms with Crippen molar-refractivity contribution < 1.29 is 8.42 Å². The Balaban J connectivity index is 2.07. The molecule has 0 aromatic carbocycles. The third-order valence-corrected chi connectivity index (χ3v) is 4.62. The zero-order valence-corrected chi connectivity index (χ0v) is 12.9. The molecule has 2 heterocycles. The van der Waals surface area contributed by atoms with Crippen molar-refractivity contribution in [3.05, 3.63) is 28.3 Å². The molecule has 2 rings (SSSR count). The molecule has 0 spiro atoms. The number of rotatable bonds is 7. The van der Waals surface area contributed by atoms with Crippen molar-refractivity contribution in [1.29, 1.82) is 0 Å². The molecule has 110 valence electrons. The van der Waals surface area contributed by atoms with E-state index in [4.69, 9.17) is 0 Å². The normalized spacial score (nSPS) is 12.2. The molecule has 0 bridgehead atoms. The maximum atomic E-state index is 12.2. The Labute approximate surface area is 121 Å². The number of aromatic amines is 1. The first-order valence-electron chi connectivity index (χ1n) is 6.11. The van der Waals surface area contributed by atoms with Gasteiger partial charge in [-0.05, 0) is 0 Å². The van der Waals surface area contributed by atoms with Crippen molar-refractivity contribution in [3.8, 4) is 0 Å². The van der Waals surface area contributed by atoms with Crippen LogP contribution in [-0.4, -0.2) is 29.6 Å². The van der Waals surface area contributed by atoms with E-state index in [1.54, 1.807) is 10.9 Å². The Morgan fingerprint density at radius 3 is 2.85 bits per heavy atom. The van der Waals surface area contributed by atoms with Gasteiger partial charge in [0.05, 0.1) is 23.9 Å². The van der Waals surface area contributed by atoms with Crippen molar-refractivity contribution in [2.45, 2.75) is 38.0 Å². The molecule has 0 saturated heterocycles. The zero-order chi connectivity index (χ0) is 14.6. The molecule has 0 unspecified atom stereocenters. The summed E-state index contributed by atoms with van der Waals surface area (Å²) in [6.45, 7) is 4.60. The number of hydrogen-bond acceptors (Lipinski definition) is 6. The smallest absolute Gasteiger partial charge is 0.258 e. The number of nitrogens with one attached hydrogen (secondary N) is 3. The third kappa shape index (κ3) is 3.85. The fourth-order valence-corrected chi connectivity index (χ4v) is 3.22. The summed E-state index contributed by atoms with van der Waals surface area (Å²) in [7, 11) is -3.62. The van der Waals surface area contributed by atoms with Crippen molar-refractivity contribution in [2.24, 2.45) is 0 Å². The van der Waals surface area contributed by atoms with E-state index >= 15 is 0 Å². The Morgan fingerprint density at radius 2 is 2.20 bits per heavy atom. The van der Waals surface area contributed by atoms with Gasteiger partial charge < -0.3 is 5.32 Å². The Hall–Kier alpha value is -1.29. The van der Waals surface area contributed by atoms with Crippen molar-refractivity contribution >= 4 is 21.4 Å². The van der Waals surface area contributed by atoms with Crippen LogP contribution in [0.15, 0.2) is 22.1 Å². The molecule has 0 amide bonds. The lowest BCUT2D eigenvalue weighted by atomic mass is 10.3. The van der Waals surface area contributed by atoms with Gasteiger partial charge in [0, 0.05) is 23.5 Å². The van der Waals surface area contributed by atoms with Gasteiger partial charge in [0.1, 0.15) is 0 Å². The molecule has 0 aliphatic heterocycles. The van der Waals surface area contributed by atoms with E-state index in [0.29, 0.717) is 17.8 Å². The van der Waals surface area contributed by atoms with Crippen LogP contribution in [-0.2, 0) is 23.1 Å². The summed E-state index contributed by atoms with van der Waals surface area (Å²) < 4.78 is 26.9. The van der Waals surface area contributed by atoms with Crippen LogP contribution in [0.5, 0.6) is 0 Å². The van der Waals surface area contributed by atoms with E-state index in [1.807, 2.05) is 13.8 Å². The molecule has 3 N–H and O–H groups in total. The quantitative estimate of drug-likeness (QED) is 0.703. The standard InChI is InChI=1S/C11H17N5O2S2/c1-8(2)12-3-9-4-14-16-11(9)20(17,18)15-5-10-6-19-7-13-10/h4,6-8,12,15H,3,5H2,1-2H3,(H,14,16). The monoisotopic (exact) mass is 315 g/mol. The molecular formula is C11H17N5O2S2. The van der Waals surface area contributed by atoms with Crippen LogP contribution < -0.4 is 10.0 Å². The van der Waals surface area contributed by atoms with Crippen molar-refractivity contribution in [1.82, 2.24) is 25.2 Å². The summed E-state index contributed by atoms with van der Waals surface area (Å²) in [5, 5.41) is 11.4. The highest BCUT2D eigenvalue weighted by atomic mass is 32.2. The largest absolute Gasteiger partial charge is 0.310 e. The molecule has 9 heteroatoms. The fourth-order valence-electron chi connectivity index (χ4n) is 1.54. The van der Waals surface area contributed by atoms with Gasteiger partial charge in [-0.3, -0.25) is 5.10 Å². The first kappa shape index (κ1) is 15.1. The Bertz CT molecular complexity index is 634. The molecule has 2 aromatic heterocycles. The Kier molecular flexibility index (Phi) is 4.86. The van der Waals surface area contributed by atoms with E-state index in [9.17, 15) is 8.42 Å². The number of sulfonamides is 1. The molecule has 0 aliphatic carbocycles. The second-order valence-electron chi connectivity index (χ2n) is 4.56. The van der Waals surface area contributed by atoms with Crippen LogP contribution in [0.2, 0.25) is 0 Å². The average Bonchev–Trinajstić information content (AvgIpc) is 3.05. The topological polar surface area (TPSA) is 99.8 Å². The van der Waals surface area contributed by atoms with E-state index in [1.165, 1.54) is 17.5 Å². The molecule has 20 heavy (non-hydrogen) atoms. The minimum atomic E-state index is -3.62. The lowest BCUT2D eigenvalue weighted by Crippen LogP contribution is -2.27. The van der Waals surface area contributed by atoms with Gasteiger partial charge in [-0.1, -0.05) is 13.8 Å². The maximum absolute atomic E-state index is 12.2. The van der Waals surface area contributed by atoms with E-state index < -0.39 is 10.0 Å². The molecule has 0 radical (unpaired) electrons. The van der Waals surface area contributed by atoms with Crippen LogP contribution in [0.1, 0.15) is 25.1 Å². The number of H-pyrrole nitrogens is 1. The molecule has 2 aromatic rings. The summed E-state index contributed by atoms with van der Waals surface area (Å²) in [4.78, 5) is 4.04. The number of thiazole rings is 1. The molecule has 0 saturated carbocycles. The molecule has 0 aliphatic rings. The molecule has 7 nitrogen and oxygen atoms in total. The zero-order valence-electron chi connectivity index (χ0n) is 11.3. The number of hydrogen-bond donors (Lipinski definition) is 3. The SMILES string of the molecule is CC(C)NCc1cn[nH]c1S(=O)(=O)NCc1cscn1. The summed E-state index contributed by atoms with van der Waals surface area (Å²) >= 11 is 1.43. The van der Waals surface area contributed by atoms with Crippen molar-refractivity contribution in [3.63, 3.8) is 0 Å². The van der Waals surface area contributed by atoms with E-state index in [2.05, 4.69) is 25.2 Å². The molecule has 0 atom stereocenters. The Morgan fingerprint density at radius 1 is 1.40 bits per heavy atom. The van der Waals surface area contributed by atoms with Crippen LogP contribution in [0, 0.1) is 0 Å². The van der Waals surface area contributed by atoms with Crippen LogP contribution in [0.25, 0.3) is 0 Å². The number of nitrogens with zero attached hydrogens (tertiary/aromatic N) is 2. The first-order chi connectivity index (χ1) is 9.49. The van der Waals surface area contributed by atoms with Gasteiger partial charge >= 0.3 is 0 Å². The predicted octanol–water partition coefficient (Wildman–Crippen LogP) is 0.843. The van der Waals surface area contributed by atoms with Gasteiger partial charge in [-0.25, -0.2) is 18.1 Å². The summed E-state index contributed by atoms with van der Waals surface area (Å²) in [6.07, 6.45) is 1.52. The highest BCUT2D eigenvalue weighted by Crippen LogP contribution is 2.12. The highest BCUT2D eigenvalue weighted by molar-refractivity contribution is 7.89. The van der Waals surface area contributed by atoms with Gasteiger partial charge in [-0.2, -0.15) is 5.10 Å². The third-order valence-electron chi connectivity index (χ3n) is 2.57. The van der Waals surface area contributed by atoms with Crippen molar-refractivity contribution in [2.75, 3.05) is 0 Å². The average molecular weight is 315 g/mol. The maximum Gasteiger partial charge on any atom is 0.258 e. The van der Waals surface area contributed by atoms with Gasteiger partial charge in [0.2, 0.25) is 0 Å². The lowest BCUT2D eigenvalue weighted by molar-refractivity contribution is 0.564. The second-order valence-corrected chi connectivity index (χ2v) is 6.99. The van der Waals surface area contributed by atoms with E-state index in [-0.39, 0.29) is 17.6 Å². The lowest BCUT2D eigenvalue weighted by Gasteiger charge is -2.09. The predicted molar refractivity (Wildman–Crippen MR) is 76.7 cm³/mol. The van der Waals surface area contributed by atoms with Crippen LogP contribution in [0.4, 0.5) is 0 Å². The first-order valence-corrected chi connectivity index (χ1v) is 8.54. The number of aromatic nitrogens is 3. The summed E-state index contributed by atoms with van der Waals surface area (Å²) in [6, 6.07) is 0.267. The second kappa shape index (κ2) is 6.44. The van der Waals surface area contributed by atoms with Crippen LogP contribution in [0.3, 0.4) is 0 Å². The van der Waals surface area contributed by atoms with Gasteiger partial charge in [-0.15, -0.1) is 11.3 Å². The van der Waals surface area contributed by atoms with Gasteiger partial charge in [0.25, 0.3) is 10.0 Å². The highest BCUT2D eigenvalue weighted by Gasteiger charge is 2.20. The molecule has 0 fully saturated rings. The summed E-state index contributed by atoms with van der Waals surface area (Å²) in [5.74, 6) is 0. The fraction of sp³-hybridized carbons (Fsp3) is 0.455. The van der Waals surface area contributed by atoms with Crippen LogP contribution >= 0.6 is 11.3 Å². The van der Waals surface area contributed by atoms with E-state index in [0.717, 1.165) is 0 Å². The minimum Gasteiger partial charge on any atom is -0.310 e. The van der Waals surface area contributed by atoms with Gasteiger partial charge in [0.15, 0.2) is 5.03 Å².